The molecule has 0 amide bonds. The van der Waals surface area contributed by atoms with Gasteiger partial charge in [-0.05, 0) is 44.9 Å². The molecule has 1 atom stereocenters. The second-order valence-electron chi connectivity index (χ2n) is 3.98. The standard InChI is InChI=1S/C12H19NO/c1-8(2)14-12-6-5-11(10(4)13)7-9(12)3/h5-8,10H,13H2,1-4H3/t10-/m1/s1. The highest BCUT2D eigenvalue weighted by Gasteiger charge is 2.05. The van der Waals surface area contributed by atoms with Crippen molar-refractivity contribution in [3.63, 3.8) is 0 Å². The molecule has 2 N–H and O–H groups in total. The first-order valence-corrected chi connectivity index (χ1v) is 5.03. The minimum atomic E-state index is 0.0850. The van der Waals surface area contributed by atoms with E-state index in [0.717, 1.165) is 16.9 Å². The van der Waals surface area contributed by atoms with Crippen LogP contribution in [0.25, 0.3) is 0 Å². The van der Waals surface area contributed by atoms with E-state index < -0.39 is 0 Å². The molecule has 0 aromatic heterocycles. The maximum Gasteiger partial charge on any atom is 0.122 e. The van der Waals surface area contributed by atoms with Gasteiger partial charge in [0.25, 0.3) is 0 Å². The molecule has 0 aliphatic rings. The molecule has 0 radical (unpaired) electrons. The molecule has 0 aliphatic heterocycles. The molecule has 2 heteroatoms. The highest BCUT2D eigenvalue weighted by molar-refractivity contribution is 5.37. The Balaban J connectivity index is 2.90. The van der Waals surface area contributed by atoms with Crippen molar-refractivity contribution >= 4 is 0 Å². The highest BCUT2D eigenvalue weighted by Crippen LogP contribution is 2.22. The first-order valence-electron chi connectivity index (χ1n) is 5.03. The Morgan fingerprint density at radius 3 is 2.29 bits per heavy atom. The fourth-order valence-electron chi connectivity index (χ4n) is 1.34. The summed E-state index contributed by atoms with van der Waals surface area (Å²) < 4.78 is 5.64. The van der Waals surface area contributed by atoms with Crippen LogP contribution in [-0.2, 0) is 0 Å². The van der Waals surface area contributed by atoms with Crippen molar-refractivity contribution in [2.45, 2.75) is 39.8 Å². The first kappa shape index (κ1) is 11.1. The van der Waals surface area contributed by atoms with Crippen LogP contribution in [0.15, 0.2) is 18.2 Å². The summed E-state index contributed by atoms with van der Waals surface area (Å²) in [6.45, 7) is 8.08. The summed E-state index contributed by atoms with van der Waals surface area (Å²) in [5.74, 6) is 0.949. The Labute approximate surface area is 86.1 Å². The third kappa shape index (κ3) is 2.74. The molecule has 0 unspecified atom stereocenters. The van der Waals surface area contributed by atoms with E-state index in [4.69, 9.17) is 10.5 Å². The van der Waals surface area contributed by atoms with E-state index in [1.54, 1.807) is 0 Å². The molecule has 0 bridgehead atoms. The molecule has 1 rings (SSSR count). The van der Waals surface area contributed by atoms with Gasteiger partial charge >= 0.3 is 0 Å². The fourth-order valence-corrected chi connectivity index (χ4v) is 1.34. The third-order valence-corrected chi connectivity index (χ3v) is 2.09. The molecule has 14 heavy (non-hydrogen) atoms. The lowest BCUT2D eigenvalue weighted by Crippen LogP contribution is -2.08. The van der Waals surface area contributed by atoms with Crippen molar-refractivity contribution in [1.29, 1.82) is 0 Å². The second kappa shape index (κ2) is 4.47. The van der Waals surface area contributed by atoms with Crippen LogP contribution in [0.2, 0.25) is 0 Å². The lowest BCUT2D eigenvalue weighted by Gasteiger charge is -2.14. The molecule has 0 spiro atoms. The van der Waals surface area contributed by atoms with Gasteiger partial charge in [0.05, 0.1) is 6.10 Å². The average Bonchev–Trinajstić information content (AvgIpc) is 2.07. The number of nitrogens with two attached hydrogens (primary N) is 1. The Morgan fingerprint density at radius 2 is 1.86 bits per heavy atom. The SMILES string of the molecule is Cc1cc([C@@H](C)N)ccc1OC(C)C. The zero-order valence-electron chi connectivity index (χ0n) is 9.37. The molecule has 0 saturated carbocycles. The largest absolute Gasteiger partial charge is 0.491 e. The summed E-state index contributed by atoms with van der Waals surface area (Å²) >= 11 is 0. The minimum absolute atomic E-state index is 0.0850. The quantitative estimate of drug-likeness (QED) is 0.801. The van der Waals surface area contributed by atoms with Crippen molar-refractivity contribution in [3.8, 4) is 5.75 Å². The molecule has 0 saturated heterocycles. The van der Waals surface area contributed by atoms with E-state index in [1.807, 2.05) is 39.8 Å². The van der Waals surface area contributed by atoms with Gasteiger partial charge in [-0.3, -0.25) is 0 Å². The molecule has 1 aromatic rings. The Bertz CT molecular complexity index is 305. The van der Waals surface area contributed by atoms with Crippen molar-refractivity contribution in [2.24, 2.45) is 5.73 Å². The van der Waals surface area contributed by atoms with E-state index in [1.165, 1.54) is 0 Å². The van der Waals surface area contributed by atoms with Crippen LogP contribution in [-0.4, -0.2) is 6.10 Å². The minimum Gasteiger partial charge on any atom is -0.491 e. The van der Waals surface area contributed by atoms with Gasteiger partial charge < -0.3 is 10.5 Å². The predicted molar refractivity (Wildman–Crippen MR) is 59.5 cm³/mol. The number of hydrogen-bond donors (Lipinski definition) is 1. The first-order chi connectivity index (χ1) is 6.50. The lowest BCUT2D eigenvalue weighted by atomic mass is 10.1. The Kier molecular flexibility index (Phi) is 3.53. The second-order valence-corrected chi connectivity index (χ2v) is 3.98. The zero-order valence-corrected chi connectivity index (χ0v) is 9.37. The smallest absolute Gasteiger partial charge is 0.122 e. The number of rotatable bonds is 3. The lowest BCUT2D eigenvalue weighted by molar-refractivity contribution is 0.240. The maximum absolute atomic E-state index is 5.79. The number of hydrogen-bond acceptors (Lipinski definition) is 2. The number of aryl methyl sites for hydroxylation is 1. The summed E-state index contributed by atoms with van der Waals surface area (Å²) in [5.41, 5.74) is 8.09. The van der Waals surface area contributed by atoms with Crippen LogP contribution in [0.5, 0.6) is 5.75 Å². The van der Waals surface area contributed by atoms with Gasteiger partial charge in [-0.25, -0.2) is 0 Å². The maximum atomic E-state index is 5.79. The van der Waals surface area contributed by atoms with Gasteiger partial charge in [0.15, 0.2) is 0 Å². The summed E-state index contributed by atoms with van der Waals surface area (Å²) in [7, 11) is 0. The summed E-state index contributed by atoms with van der Waals surface area (Å²) in [5, 5.41) is 0. The van der Waals surface area contributed by atoms with Crippen molar-refractivity contribution in [1.82, 2.24) is 0 Å². The molecular weight excluding hydrogens is 174 g/mol. The Hall–Kier alpha value is -1.02. The van der Waals surface area contributed by atoms with Crippen LogP contribution in [0.1, 0.15) is 37.9 Å². The van der Waals surface area contributed by atoms with Crippen molar-refractivity contribution in [2.75, 3.05) is 0 Å². The van der Waals surface area contributed by atoms with E-state index >= 15 is 0 Å². The van der Waals surface area contributed by atoms with Crippen LogP contribution in [0.3, 0.4) is 0 Å². The molecule has 78 valence electrons. The van der Waals surface area contributed by atoms with E-state index in [-0.39, 0.29) is 12.1 Å². The molecule has 0 aliphatic carbocycles. The van der Waals surface area contributed by atoms with Crippen molar-refractivity contribution in [3.05, 3.63) is 29.3 Å². The number of ether oxygens (including phenoxy) is 1. The van der Waals surface area contributed by atoms with Crippen LogP contribution >= 0.6 is 0 Å². The normalized spacial score (nSPS) is 13.0. The predicted octanol–water partition coefficient (Wildman–Crippen LogP) is 2.80. The van der Waals surface area contributed by atoms with Gasteiger partial charge in [0.2, 0.25) is 0 Å². The molecule has 0 fully saturated rings. The zero-order chi connectivity index (χ0) is 10.7. The van der Waals surface area contributed by atoms with Gasteiger partial charge in [-0.15, -0.1) is 0 Å². The Morgan fingerprint density at radius 1 is 1.21 bits per heavy atom. The van der Waals surface area contributed by atoms with Gasteiger partial charge in [0, 0.05) is 6.04 Å². The fraction of sp³-hybridized carbons (Fsp3) is 0.500. The van der Waals surface area contributed by atoms with Crippen LogP contribution < -0.4 is 10.5 Å². The number of benzene rings is 1. The van der Waals surface area contributed by atoms with Crippen LogP contribution in [0, 0.1) is 6.92 Å². The van der Waals surface area contributed by atoms with E-state index in [9.17, 15) is 0 Å². The highest BCUT2D eigenvalue weighted by atomic mass is 16.5. The van der Waals surface area contributed by atoms with E-state index in [0.29, 0.717) is 0 Å². The summed E-state index contributed by atoms with van der Waals surface area (Å²) in [6.07, 6.45) is 0.217. The monoisotopic (exact) mass is 193 g/mol. The van der Waals surface area contributed by atoms with Gasteiger partial charge in [-0.1, -0.05) is 12.1 Å². The third-order valence-electron chi connectivity index (χ3n) is 2.09. The van der Waals surface area contributed by atoms with E-state index in [2.05, 4.69) is 6.07 Å². The molecule has 2 nitrogen and oxygen atoms in total. The average molecular weight is 193 g/mol. The van der Waals surface area contributed by atoms with Gasteiger partial charge in [-0.2, -0.15) is 0 Å². The summed E-state index contributed by atoms with van der Waals surface area (Å²) in [4.78, 5) is 0. The van der Waals surface area contributed by atoms with Gasteiger partial charge in [0.1, 0.15) is 5.75 Å². The van der Waals surface area contributed by atoms with Crippen molar-refractivity contribution < 1.29 is 4.74 Å². The molecule has 1 aromatic carbocycles. The van der Waals surface area contributed by atoms with Crippen LogP contribution in [0.4, 0.5) is 0 Å². The molecule has 0 heterocycles. The summed E-state index contributed by atoms with van der Waals surface area (Å²) in [6, 6.07) is 6.19. The molecular formula is C12H19NO. The topological polar surface area (TPSA) is 35.2 Å².